The summed E-state index contributed by atoms with van der Waals surface area (Å²) in [5.74, 6) is -2.79. The minimum Gasteiger partial charge on any atom is -0.478 e. The maximum Gasteiger partial charge on any atom is 0.431 e. The van der Waals surface area contributed by atoms with E-state index in [0.29, 0.717) is 6.07 Å². The molecule has 158 valence electrons. The molecular formula is C16H12Cl2F4N2O5. The molecule has 0 radical (unpaired) electrons. The molecule has 29 heavy (non-hydrogen) atoms. The lowest BCUT2D eigenvalue weighted by Crippen LogP contribution is -2.41. The number of hydrogen-bond donors (Lipinski definition) is 1. The van der Waals surface area contributed by atoms with Crippen molar-refractivity contribution in [3.63, 3.8) is 0 Å². The summed E-state index contributed by atoms with van der Waals surface area (Å²) in [6, 6.07) is 1.63. The Morgan fingerprint density at radius 2 is 1.83 bits per heavy atom. The van der Waals surface area contributed by atoms with Crippen LogP contribution >= 0.6 is 24.0 Å². The Morgan fingerprint density at radius 3 is 2.31 bits per heavy atom. The number of carboxylic acids is 1. The van der Waals surface area contributed by atoms with Crippen molar-refractivity contribution < 1.29 is 32.2 Å². The van der Waals surface area contributed by atoms with Crippen LogP contribution in [-0.2, 0) is 18.0 Å². The highest BCUT2D eigenvalue weighted by Crippen LogP contribution is 2.43. The normalized spacial score (nSPS) is 14.8. The summed E-state index contributed by atoms with van der Waals surface area (Å²) >= 11 is 5.85. The van der Waals surface area contributed by atoms with E-state index in [1.54, 1.807) is 0 Å². The number of carbonyl (C=O) groups is 1. The number of hydrogen-bond acceptors (Lipinski definition) is 4. The fourth-order valence-corrected chi connectivity index (χ4v) is 2.76. The molecule has 3 rings (SSSR count). The van der Waals surface area contributed by atoms with Crippen molar-refractivity contribution in [2.45, 2.75) is 24.6 Å². The molecule has 1 heterocycles. The van der Waals surface area contributed by atoms with Gasteiger partial charge in [-0.15, -0.1) is 12.4 Å². The van der Waals surface area contributed by atoms with Gasteiger partial charge in [0.1, 0.15) is 17.3 Å². The Labute approximate surface area is 170 Å². The lowest BCUT2D eigenvalue weighted by Gasteiger charge is -2.17. The van der Waals surface area contributed by atoms with Crippen molar-refractivity contribution in [1.29, 1.82) is 0 Å². The molecule has 0 bridgehead atoms. The highest BCUT2D eigenvalue weighted by molar-refractivity contribution is 6.32. The van der Waals surface area contributed by atoms with E-state index in [1.807, 2.05) is 0 Å². The van der Waals surface area contributed by atoms with Gasteiger partial charge in [0.25, 0.3) is 5.56 Å². The first-order chi connectivity index (χ1) is 12.9. The van der Waals surface area contributed by atoms with Gasteiger partial charge in [-0.3, -0.25) is 9.36 Å². The van der Waals surface area contributed by atoms with Gasteiger partial charge >= 0.3 is 17.8 Å². The van der Waals surface area contributed by atoms with Crippen molar-refractivity contribution in [2.24, 2.45) is 7.05 Å². The van der Waals surface area contributed by atoms with Crippen molar-refractivity contribution in [2.75, 3.05) is 0 Å². The number of benzene rings is 1. The topological polar surface area (TPSA) is 90.5 Å². The fourth-order valence-electron chi connectivity index (χ4n) is 2.57. The van der Waals surface area contributed by atoms with Crippen LogP contribution in [0, 0.1) is 5.82 Å². The van der Waals surface area contributed by atoms with Crippen LogP contribution in [0.5, 0.6) is 5.75 Å². The van der Waals surface area contributed by atoms with Crippen LogP contribution in [0.1, 0.15) is 18.5 Å². The third-order valence-corrected chi connectivity index (χ3v) is 4.55. The predicted molar refractivity (Wildman–Crippen MR) is 94.7 cm³/mol. The van der Waals surface area contributed by atoms with Crippen LogP contribution < -0.4 is 16.0 Å². The third-order valence-electron chi connectivity index (χ3n) is 4.25. The van der Waals surface area contributed by atoms with Crippen molar-refractivity contribution in [3.8, 4) is 11.4 Å². The number of nitrogens with zero attached hydrogens (tertiary/aromatic N) is 2. The van der Waals surface area contributed by atoms with E-state index in [4.69, 9.17) is 16.3 Å². The molecule has 0 aliphatic heterocycles. The van der Waals surface area contributed by atoms with Crippen LogP contribution in [0.2, 0.25) is 5.02 Å². The summed E-state index contributed by atoms with van der Waals surface area (Å²) in [7, 11) is 0.774. The predicted octanol–water partition coefficient (Wildman–Crippen LogP) is 2.77. The molecule has 0 spiro atoms. The fraction of sp³-hybridized carbons (Fsp3) is 0.312. The molecule has 1 saturated carbocycles. The van der Waals surface area contributed by atoms with Gasteiger partial charge in [0.2, 0.25) is 5.60 Å². The zero-order valence-electron chi connectivity index (χ0n) is 14.4. The quantitative estimate of drug-likeness (QED) is 0.711. The second kappa shape index (κ2) is 7.38. The van der Waals surface area contributed by atoms with Crippen LogP contribution in [0.4, 0.5) is 17.6 Å². The average molecular weight is 459 g/mol. The molecule has 0 amide bonds. The molecule has 7 nitrogen and oxygen atoms in total. The summed E-state index contributed by atoms with van der Waals surface area (Å²) in [5, 5.41) is 8.84. The lowest BCUT2D eigenvalue weighted by atomic mass is 10.2. The molecule has 0 saturated heterocycles. The molecule has 13 heteroatoms. The second-order valence-electron chi connectivity index (χ2n) is 6.18. The maximum atomic E-state index is 14.4. The molecule has 0 atom stereocenters. The van der Waals surface area contributed by atoms with E-state index < -0.39 is 46.2 Å². The SMILES string of the molecule is Cl.Cn1c(C(F)(F)F)cc(=O)n(-c2cc(OC3(C(=O)O)CC3)c(Cl)cc2F)c1=O. The van der Waals surface area contributed by atoms with E-state index in [9.17, 15) is 37.1 Å². The van der Waals surface area contributed by atoms with Crippen LogP contribution in [-0.4, -0.2) is 25.8 Å². The van der Waals surface area contributed by atoms with Crippen LogP contribution in [0.25, 0.3) is 5.69 Å². The monoisotopic (exact) mass is 458 g/mol. The molecule has 0 unspecified atom stereocenters. The zero-order chi connectivity index (χ0) is 21.0. The molecule has 1 aromatic heterocycles. The van der Waals surface area contributed by atoms with E-state index in [-0.39, 0.29) is 51.2 Å². The standard InChI is InChI=1S/C16H11ClF4N2O5.ClH/c1-22-11(16(19,20)21)6-12(24)23(14(22)27)9-5-10(7(17)4-8(9)18)28-15(2-3-15)13(25)26;/h4-6H,2-3H2,1H3,(H,25,26);1H. The number of aromatic nitrogens is 2. The zero-order valence-corrected chi connectivity index (χ0v) is 16.0. The van der Waals surface area contributed by atoms with Gasteiger partial charge in [0, 0.05) is 32.0 Å². The van der Waals surface area contributed by atoms with Crippen molar-refractivity contribution in [3.05, 3.63) is 55.6 Å². The summed E-state index contributed by atoms with van der Waals surface area (Å²) < 4.78 is 58.8. The van der Waals surface area contributed by atoms with E-state index in [0.717, 1.165) is 13.1 Å². The van der Waals surface area contributed by atoms with Gasteiger partial charge in [0.05, 0.1) is 10.7 Å². The number of rotatable bonds is 4. The number of aliphatic carboxylic acids is 1. The summed E-state index contributed by atoms with van der Waals surface area (Å²) in [5.41, 5.74) is -6.67. The number of halogens is 6. The van der Waals surface area contributed by atoms with Crippen molar-refractivity contribution >= 4 is 30.0 Å². The maximum absolute atomic E-state index is 14.4. The van der Waals surface area contributed by atoms with Crippen molar-refractivity contribution in [1.82, 2.24) is 9.13 Å². The van der Waals surface area contributed by atoms with E-state index in [2.05, 4.69) is 0 Å². The van der Waals surface area contributed by atoms with Crippen LogP contribution in [0.3, 0.4) is 0 Å². The number of carboxylic acid groups (broad SMARTS) is 1. The summed E-state index contributed by atoms with van der Waals surface area (Å²) in [6.07, 6.45) is -4.65. The lowest BCUT2D eigenvalue weighted by molar-refractivity contribution is -0.147. The molecule has 1 aromatic carbocycles. The third kappa shape index (κ3) is 3.97. The molecule has 2 aromatic rings. The molecule has 1 aliphatic carbocycles. The highest BCUT2D eigenvalue weighted by atomic mass is 35.5. The summed E-state index contributed by atoms with van der Waals surface area (Å²) in [6.45, 7) is 0. The Bertz CT molecular complexity index is 1110. The Kier molecular flexibility index (Phi) is 5.79. The van der Waals surface area contributed by atoms with Gasteiger partial charge in [-0.2, -0.15) is 13.2 Å². The van der Waals surface area contributed by atoms with E-state index in [1.165, 1.54) is 0 Å². The second-order valence-corrected chi connectivity index (χ2v) is 6.59. The number of ether oxygens (including phenoxy) is 1. The number of alkyl halides is 3. The summed E-state index contributed by atoms with van der Waals surface area (Å²) in [4.78, 5) is 35.7. The van der Waals surface area contributed by atoms with Gasteiger partial charge < -0.3 is 9.84 Å². The highest BCUT2D eigenvalue weighted by Gasteiger charge is 2.53. The Morgan fingerprint density at radius 1 is 1.24 bits per heavy atom. The Balaban J connectivity index is 0.00000300. The van der Waals surface area contributed by atoms with Gasteiger partial charge in [0.15, 0.2) is 0 Å². The molecule has 1 aliphatic rings. The minimum absolute atomic E-state index is 0. The van der Waals surface area contributed by atoms with Crippen LogP contribution in [0.15, 0.2) is 27.8 Å². The Hall–Kier alpha value is -2.53. The average Bonchev–Trinajstić information content (AvgIpc) is 3.35. The molecule has 1 fully saturated rings. The van der Waals surface area contributed by atoms with Gasteiger partial charge in [-0.25, -0.2) is 18.5 Å². The molecule has 1 N–H and O–H groups in total. The smallest absolute Gasteiger partial charge is 0.431 e. The molecular weight excluding hydrogens is 447 g/mol. The first-order valence-electron chi connectivity index (χ1n) is 7.69. The first kappa shape index (κ1) is 22.8. The largest absolute Gasteiger partial charge is 0.478 e. The minimum atomic E-state index is -4.97. The van der Waals surface area contributed by atoms with Gasteiger partial charge in [-0.1, -0.05) is 11.6 Å². The van der Waals surface area contributed by atoms with Gasteiger partial charge in [-0.05, 0) is 6.07 Å². The van der Waals surface area contributed by atoms with E-state index >= 15 is 0 Å². The first-order valence-corrected chi connectivity index (χ1v) is 8.07.